The molecule has 108 valence electrons. The Balaban J connectivity index is 1.94. The van der Waals surface area contributed by atoms with E-state index in [4.69, 9.17) is 0 Å². The third-order valence-corrected chi connectivity index (χ3v) is 3.32. The Morgan fingerprint density at radius 2 is 1.55 bits per heavy atom. The van der Waals surface area contributed by atoms with Crippen LogP contribution in [0.4, 0.5) is 5.69 Å². The monoisotopic (exact) mass is 290 g/mol. The summed E-state index contributed by atoms with van der Waals surface area (Å²) in [6.07, 6.45) is 1.30. The van der Waals surface area contributed by atoms with E-state index in [1.54, 1.807) is 12.1 Å². The van der Waals surface area contributed by atoms with Gasteiger partial charge in [0.05, 0.1) is 0 Å². The van der Waals surface area contributed by atoms with Crippen molar-refractivity contribution in [3.05, 3.63) is 89.9 Å². The van der Waals surface area contributed by atoms with Gasteiger partial charge in [0.15, 0.2) is 6.20 Å². The number of nitrogens with zero attached hydrogens (tertiary/aromatic N) is 1. The summed E-state index contributed by atoms with van der Waals surface area (Å²) >= 11 is 0. The minimum absolute atomic E-state index is 0.0605. The first kappa shape index (κ1) is 13.8. The summed E-state index contributed by atoms with van der Waals surface area (Å²) in [7, 11) is 0. The van der Waals surface area contributed by atoms with E-state index in [9.17, 15) is 10.0 Å². The molecule has 0 atom stereocenters. The van der Waals surface area contributed by atoms with Crippen LogP contribution in [0.5, 0.6) is 0 Å². The van der Waals surface area contributed by atoms with Gasteiger partial charge < -0.3 is 10.5 Å². The van der Waals surface area contributed by atoms with Crippen molar-refractivity contribution in [2.24, 2.45) is 0 Å². The fourth-order valence-corrected chi connectivity index (χ4v) is 2.25. The van der Waals surface area contributed by atoms with Crippen molar-refractivity contribution in [2.75, 3.05) is 5.32 Å². The van der Waals surface area contributed by atoms with Crippen LogP contribution in [0.3, 0.4) is 0 Å². The van der Waals surface area contributed by atoms with Crippen LogP contribution in [0.2, 0.25) is 0 Å². The van der Waals surface area contributed by atoms with Crippen LogP contribution in [0.1, 0.15) is 10.5 Å². The smallest absolute Gasteiger partial charge is 0.321 e. The molecule has 0 radical (unpaired) electrons. The van der Waals surface area contributed by atoms with E-state index >= 15 is 0 Å². The Hall–Kier alpha value is -3.14. The lowest BCUT2D eigenvalue weighted by molar-refractivity contribution is -0.607. The van der Waals surface area contributed by atoms with E-state index in [0.29, 0.717) is 10.4 Å². The van der Waals surface area contributed by atoms with Gasteiger partial charge in [-0.3, -0.25) is 4.79 Å². The van der Waals surface area contributed by atoms with Crippen LogP contribution in [-0.4, -0.2) is 5.91 Å². The highest BCUT2D eigenvalue weighted by Gasteiger charge is 2.16. The van der Waals surface area contributed by atoms with Gasteiger partial charge in [0, 0.05) is 23.4 Å². The van der Waals surface area contributed by atoms with Crippen LogP contribution in [0.15, 0.2) is 79.0 Å². The Kier molecular flexibility index (Phi) is 3.83. The van der Waals surface area contributed by atoms with E-state index < -0.39 is 5.91 Å². The van der Waals surface area contributed by atoms with Gasteiger partial charge in [-0.05, 0) is 17.7 Å². The van der Waals surface area contributed by atoms with Gasteiger partial charge in [-0.25, -0.2) is 0 Å². The molecule has 0 aliphatic heterocycles. The van der Waals surface area contributed by atoms with Crippen molar-refractivity contribution in [3.8, 4) is 11.1 Å². The van der Waals surface area contributed by atoms with Crippen molar-refractivity contribution in [1.29, 1.82) is 0 Å². The zero-order valence-corrected chi connectivity index (χ0v) is 11.8. The standard InChI is InChI=1S/C18H14N2O2/c21-18(17-12-6-7-13-20(17)22)19-16-11-5-4-10-15(16)14-8-2-1-3-9-14/h1-13H,(H,19,21). The summed E-state index contributed by atoms with van der Waals surface area (Å²) < 4.78 is 0.556. The lowest BCUT2D eigenvalue weighted by Crippen LogP contribution is -2.36. The molecule has 1 N–H and O–H groups in total. The predicted octanol–water partition coefficient (Wildman–Crippen LogP) is 3.24. The molecule has 4 nitrogen and oxygen atoms in total. The minimum atomic E-state index is -0.431. The fraction of sp³-hybridized carbons (Fsp3) is 0. The van der Waals surface area contributed by atoms with Crippen molar-refractivity contribution < 1.29 is 9.52 Å². The maximum Gasteiger partial charge on any atom is 0.321 e. The van der Waals surface area contributed by atoms with Crippen molar-refractivity contribution in [3.63, 3.8) is 0 Å². The molecule has 0 aliphatic carbocycles. The molecule has 0 aliphatic rings. The summed E-state index contributed by atoms with van der Waals surface area (Å²) in [5.41, 5.74) is 2.64. The third-order valence-electron chi connectivity index (χ3n) is 3.32. The molecular weight excluding hydrogens is 276 g/mol. The van der Waals surface area contributed by atoms with Gasteiger partial charge in [-0.1, -0.05) is 48.5 Å². The van der Waals surface area contributed by atoms with Gasteiger partial charge in [0.25, 0.3) is 5.69 Å². The van der Waals surface area contributed by atoms with E-state index in [2.05, 4.69) is 5.32 Å². The number of carbonyl (C=O) groups is 1. The Bertz CT molecular complexity index is 801. The van der Waals surface area contributed by atoms with E-state index in [0.717, 1.165) is 11.1 Å². The molecule has 1 aromatic heterocycles. The number of hydrogen-bond donors (Lipinski definition) is 1. The second-order valence-corrected chi connectivity index (χ2v) is 4.78. The Morgan fingerprint density at radius 3 is 2.32 bits per heavy atom. The number of aromatic nitrogens is 1. The summed E-state index contributed by atoms with van der Waals surface area (Å²) in [5, 5.41) is 14.5. The molecule has 0 saturated carbocycles. The number of nitrogens with one attached hydrogen (secondary N) is 1. The number of benzene rings is 2. The largest absolute Gasteiger partial charge is 0.618 e. The molecule has 1 amide bonds. The topological polar surface area (TPSA) is 56.0 Å². The van der Waals surface area contributed by atoms with Gasteiger partial charge in [-0.2, -0.15) is 4.73 Å². The number of amides is 1. The summed E-state index contributed by atoms with van der Waals surface area (Å²) in [6.45, 7) is 0. The highest BCUT2D eigenvalue weighted by atomic mass is 16.5. The normalized spacial score (nSPS) is 10.2. The van der Waals surface area contributed by atoms with Gasteiger partial charge in [0.1, 0.15) is 0 Å². The average Bonchev–Trinajstić information content (AvgIpc) is 2.56. The molecular formula is C18H14N2O2. The fourth-order valence-electron chi connectivity index (χ4n) is 2.25. The van der Waals surface area contributed by atoms with Crippen molar-refractivity contribution in [1.82, 2.24) is 0 Å². The highest BCUT2D eigenvalue weighted by Crippen LogP contribution is 2.27. The molecule has 0 fully saturated rings. The predicted molar refractivity (Wildman–Crippen MR) is 85.2 cm³/mol. The maximum atomic E-state index is 12.3. The molecule has 3 aromatic rings. The molecule has 0 bridgehead atoms. The number of para-hydroxylation sites is 1. The SMILES string of the molecule is O=C(Nc1ccccc1-c1ccccc1)c1cccc[n+]1[O-]. The van der Waals surface area contributed by atoms with Crippen LogP contribution < -0.4 is 10.0 Å². The molecule has 22 heavy (non-hydrogen) atoms. The number of rotatable bonds is 3. The first-order chi connectivity index (χ1) is 10.8. The highest BCUT2D eigenvalue weighted by molar-refractivity contribution is 6.04. The molecule has 0 spiro atoms. The summed E-state index contributed by atoms with van der Waals surface area (Å²) in [4.78, 5) is 12.3. The summed E-state index contributed by atoms with van der Waals surface area (Å²) in [6, 6.07) is 22.0. The van der Waals surface area contributed by atoms with Crippen LogP contribution in [0, 0.1) is 5.21 Å². The quantitative estimate of drug-likeness (QED) is 0.594. The van der Waals surface area contributed by atoms with Crippen LogP contribution >= 0.6 is 0 Å². The number of anilines is 1. The number of carbonyl (C=O) groups excluding carboxylic acids is 1. The first-order valence-electron chi connectivity index (χ1n) is 6.90. The minimum Gasteiger partial charge on any atom is -0.618 e. The molecule has 3 rings (SSSR count). The second kappa shape index (κ2) is 6.10. The first-order valence-corrected chi connectivity index (χ1v) is 6.90. The van der Waals surface area contributed by atoms with Crippen LogP contribution in [-0.2, 0) is 0 Å². The zero-order valence-electron chi connectivity index (χ0n) is 11.8. The molecule has 0 unspecified atom stereocenters. The number of hydrogen-bond acceptors (Lipinski definition) is 2. The van der Waals surface area contributed by atoms with Crippen molar-refractivity contribution in [2.45, 2.75) is 0 Å². The van der Waals surface area contributed by atoms with Crippen molar-refractivity contribution >= 4 is 11.6 Å². The molecule has 2 aromatic carbocycles. The van der Waals surface area contributed by atoms with E-state index in [1.165, 1.54) is 12.3 Å². The lowest BCUT2D eigenvalue weighted by Gasteiger charge is -2.11. The number of pyridine rings is 1. The van der Waals surface area contributed by atoms with E-state index in [1.807, 2.05) is 54.6 Å². The molecule has 1 heterocycles. The van der Waals surface area contributed by atoms with Gasteiger partial charge in [0.2, 0.25) is 0 Å². The Labute approximate surface area is 128 Å². The Morgan fingerprint density at radius 1 is 0.864 bits per heavy atom. The molecule has 0 saturated heterocycles. The van der Waals surface area contributed by atoms with Crippen LogP contribution in [0.25, 0.3) is 11.1 Å². The second-order valence-electron chi connectivity index (χ2n) is 4.78. The third kappa shape index (κ3) is 2.81. The maximum absolute atomic E-state index is 12.3. The van der Waals surface area contributed by atoms with Gasteiger partial charge >= 0.3 is 5.91 Å². The average molecular weight is 290 g/mol. The lowest BCUT2D eigenvalue weighted by atomic mass is 10.0. The zero-order chi connectivity index (χ0) is 15.4. The van der Waals surface area contributed by atoms with E-state index in [-0.39, 0.29) is 5.69 Å². The van der Waals surface area contributed by atoms with Gasteiger partial charge in [-0.15, -0.1) is 0 Å². The molecule has 4 heteroatoms. The summed E-state index contributed by atoms with van der Waals surface area (Å²) in [5.74, 6) is -0.431.